The quantitative estimate of drug-likeness (QED) is 0.266. The van der Waals surface area contributed by atoms with Gasteiger partial charge in [0.05, 0.1) is 5.75 Å². The second kappa shape index (κ2) is 17.2. The Morgan fingerprint density at radius 1 is 0.810 bits per heavy atom. The molecule has 0 amide bonds. The molecule has 0 fully saturated rings. The Labute approximate surface area is 155 Å². The standard InChI is InChI=1S/C15H33NO3S.Na.H/c1-2-3-4-5-6-7-8-9-10-11-13-16-14-12-15-20(17,18)19;;/h16H,2-15H2,1H3,(H,17,18,19);;/q;+1;-1. The molecule has 0 atom stereocenters. The summed E-state index contributed by atoms with van der Waals surface area (Å²) in [6.07, 6.45) is 13.8. The Balaban J connectivity index is -0.00000180. The molecule has 0 spiro atoms. The molecular formula is C15H34NNaO3S. The van der Waals surface area contributed by atoms with Crippen molar-refractivity contribution in [3.05, 3.63) is 0 Å². The molecule has 21 heavy (non-hydrogen) atoms. The maximum Gasteiger partial charge on any atom is 1.00 e. The minimum Gasteiger partial charge on any atom is -1.00 e. The molecule has 0 aromatic heterocycles. The molecule has 0 aliphatic rings. The fraction of sp³-hybridized carbons (Fsp3) is 1.00. The second-order valence-electron chi connectivity index (χ2n) is 5.57. The van der Waals surface area contributed by atoms with Crippen molar-refractivity contribution in [1.82, 2.24) is 5.32 Å². The molecule has 0 aliphatic heterocycles. The zero-order chi connectivity index (χ0) is 15.1. The molecule has 124 valence electrons. The molecule has 0 radical (unpaired) electrons. The first-order valence-corrected chi connectivity index (χ1v) is 9.83. The number of nitrogens with one attached hydrogen (secondary N) is 1. The Bertz CT molecular complexity index is 303. The fourth-order valence-electron chi connectivity index (χ4n) is 2.24. The predicted octanol–water partition coefficient (Wildman–Crippen LogP) is 0.891. The van der Waals surface area contributed by atoms with Crippen molar-refractivity contribution < 1.29 is 44.0 Å². The molecule has 6 heteroatoms. The van der Waals surface area contributed by atoms with Crippen molar-refractivity contribution in [3.63, 3.8) is 0 Å². The largest absolute Gasteiger partial charge is 1.00 e. The van der Waals surface area contributed by atoms with Gasteiger partial charge in [0.2, 0.25) is 0 Å². The monoisotopic (exact) mass is 331 g/mol. The molecular weight excluding hydrogens is 297 g/mol. The van der Waals surface area contributed by atoms with Gasteiger partial charge in [0.1, 0.15) is 0 Å². The second-order valence-corrected chi connectivity index (χ2v) is 7.14. The van der Waals surface area contributed by atoms with E-state index in [1.807, 2.05) is 0 Å². The van der Waals surface area contributed by atoms with Crippen LogP contribution in [0.5, 0.6) is 0 Å². The third-order valence-corrected chi connectivity index (χ3v) is 4.27. The molecule has 0 aromatic carbocycles. The third-order valence-electron chi connectivity index (χ3n) is 3.46. The van der Waals surface area contributed by atoms with E-state index in [2.05, 4.69) is 12.2 Å². The Kier molecular flexibility index (Phi) is 19.8. The van der Waals surface area contributed by atoms with Crippen LogP contribution in [0, 0.1) is 0 Å². The first kappa shape index (κ1) is 24.1. The Hall–Kier alpha value is 0.870. The number of hydrogen-bond donors (Lipinski definition) is 2. The Morgan fingerprint density at radius 2 is 1.24 bits per heavy atom. The van der Waals surface area contributed by atoms with Gasteiger partial charge in [0.25, 0.3) is 10.1 Å². The van der Waals surface area contributed by atoms with Gasteiger partial charge in [-0.15, -0.1) is 0 Å². The predicted molar refractivity (Wildman–Crippen MR) is 86.9 cm³/mol. The summed E-state index contributed by atoms with van der Waals surface area (Å²) in [5.41, 5.74) is 0. The van der Waals surface area contributed by atoms with Gasteiger partial charge in [-0.1, -0.05) is 64.7 Å². The average molecular weight is 331 g/mol. The van der Waals surface area contributed by atoms with Gasteiger partial charge >= 0.3 is 29.6 Å². The van der Waals surface area contributed by atoms with Gasteiger partial charge in [0, 0.05) is 0 Å². The molecule has 0 saturated heterocycles. The van der Waals surface area contributed by atoms with Crippen LogP contribution in [0.4, 0.5) is 0 Å². The summed E-state index contributed by atoms with van der Waals surface area (Å²) in [6.45, 7) is 3.86. The molecule has 2 N–H and O–H groups in total. The van der Waals surface area contributed by atoms with Crippen LogP contribution in [0.1, 0.15) is 79.0 Å². The maximum absolute atomic E-state index is 10.5. The van der Waals surface area contributed by atoms with E-state index >= 15 is 0 Å². The molecule has 0 aliphatic carbocycles. The normalized spacial score (nSPS) is 11.3. The van der Waals surface area contributed by atoms with Crippen LogP contribution in [0.2, 0.25) is 0 Å². The van der Waals surface area contributed by atoms with Crippen molar-refractivity contribution in [2.45, 2.75) is 77.6 Å². The van der Waals surface area contributed by atoms with E-state index in [4.69, 9.17) is 4.55 Å². The van der Waals surface area contributed by atoms with E-state index in [-0.39, 0.29) is 36.7 Å². The van der Waals surface area contributed by atoms with Crippen LogP contribution in [0.25, 0.3) is 0 Å². The number of hydrogen-bond acceptors (Lipinski definition) is 3. The fourth-order valence-corrected chi connectivity index (χ4v) is 2.75. The van der Waals surface area contributed by atoms with Gasteiger partial charge in [-0.3, -0.25) is 4.55 Å². The summed E-state index contributed by atoms with van der Waals surface area (Å²) in [5.74, 6) is -0.141. The molecule has 0 heterocycles. The van der Waals surface area contributed by atoms with Crippen molar-refractivity contribution in [2.75, 3.05) is 18.8 Å². The van der Waals surface area contributed by atoms with Gasteiger partial charge in [0.15, 0.2) is 0 Å². The maximum atomic E-state index is 10.5. The van der Waals surface area contributed by atoms with E-state index in [9.17, 15) is 8.42 Å². The average Bonchev–Trinajstić information content (AvgIpc) is 2.38. The van der Waals surface area contributed by atoms with Crippen LogP contribution in [-0.4, -0.2) is 31.8 Å². The van der Waals surface area contributed by atoms with Crippen molar-refractivity contribution in [3.8, 4) is 0 Å². The van der Waals surface area contributed by atoms with Crippen molar-refractivity contribution in [1.29, 1.82) is 0 Å². The van der Waals surface area contributed by atoms with Crippen LogP contribution < -0.4 is 34.9 Å². The zero-order valence-electron chi connectivity index (χ0n) is 15.1. The van der Waals surface area contributed by atoms with E-state index in [0.29, 0.717) is 13.0 Å². The van der Waals surface area contributed by atoms with Gasteiger partial charge < -0.3 is 6.74 Å². The van der Waals surface area contributed by atoms with E-state index in [0.717, 1.165) is 13.0 Å². The minimum atomic E-state index is -3.78. The number of rotatable bonds is 15. The van der Waals surface area contributed by atoms with Crippen molar-refractivity contribution in [2.24, 2.45) is 0 Å². The van der Waals surface area contributed by atoms with Crippen molar-refractivity contribution >= 4 is 10.1 Å². The van der Waals surface area contributed by atoms with E-state index in [1.165, 1.54) is 57.8 Å². The molecule has 0 bridgehead atoms. The van der Waals surface area contributed by atoms with Crippen LogP contribution in [0.15, 0.2) is 0 Å². The summed E-state index contributed by atoms with van der Waals surface area (Å²) in [7, 11) is -3.78. The molecule has 0 unspecified atom stereocenters. The molecule has 4 nitrogen and oxygen atoms in total. The van der Waals surface area contributed by atoms with Gasteiger partial charge in [-0.25, -0.2) is 0 Å². The SMILES string of the molecule is CCCCCCCCCCCCNCCCS(=O)(=O)O.[H-].[Na+]. The summed E-state index contributed by atoms with van der Waals surface area (Å²) in [4.78, 5) is 0. The zero-order valence-corrected chi connectivity index (χ0v) is 16.9. The summed E-state index contributed by atoms with van der Waals surface area (Å²) < 4.78 is 29.5. The first-order valence-electron chi connectivity index (χ1n) is 8.22. The van der Waals surface area contributed by atoms with Gasteiger partial charge in [-0.2, -0.15) is 8.42 Å². The van der Waals surface area contributed by atoms with E-state index < -0.39 is 10.1 Å². The van der Waals surface area contributed by atoms with Crippen LogP contribution >= 0.6 is 0 Å². The summed E-state index contributed by atoms with van der Waals surface area (Å²) in [6, 6.07) is 0. The first-order chi connectivity index (χ1) is 9.56. The molecule has 0 aromatic rings. The van der Waals surface area contributed by atoms with Gasteiger partial charge in [-0.05, 0) is 25.9 Å². The smallest absolute Gasteiger partial charge is 1.00 e. The van der Waals surface area contributed by atoms with Crippen LogP contribution in [-0.2, 0) is 10.1 Å². The Morgan fingerprint density at radius 3 is 1.71 bits per heavy atom. The molecule has 0 saturated carbocycles. The summed E-state index contributed by atoms with van der Waals surface area (Å²) >= 11 is 0. The van der Waals surface area contributed by atoms with E-state index in [1.54, 1.807) is 0 Å². The third kappa shape index (κ3) is 23.3. The minimum absolute atomic E-state index is 0. The topological polar surface area (TPSA) is 66.4 Å². The van der Waals surface area contributed by atoms with Crippen LogP contribution in [0.3, 0.4) is 0 Å². The molecule has 0 rings (SSSR count). The number of unbranched alkanes of at least 4 members (excludes halogenated alkanes) is 9. The summed E-state index contributed by atoms with van der Waals surface area (Å²) in [5, 5.41) is 3.21.